The maximum atomic E-state index is 11.1. The third-order valence-corrected chi connectivity index (χ3v) is 2.74. The van der Waals surface area contributed by atoms with Gasteiger partial charge in [-0.1, -0.05) is 0 Å². The summed E-state index contributed by atoms with van der Waals surface area (Å²) < 4.78 is 25.4. The molecule has 12 heavy (non-hydrogen) atoms. The highest BCUT2D eigenvalue weighted by molar-refractivity contribution is 7.87. The first-order valence-corrected chi connectivity index (χ1v) is 5.00. The fraction of sp³-hybridized carbons (Fsp3) is 1.00. The first-order chi connectivity index (χ1) is 5.19. The summed E-state index contributed by atoms with van der Waals surface area (Å²) in [6, 6.07) is 0. The normalized spacial score (nSPS) is 13.8. The second-order valence-corrected chi connectivity index (χ2v) is 5.26. The highest BCUT2D eigenvalue weighted by atomic mass is 32.2. The average Bonchev–Trinajstić information content (AvgIpc) is 1.84. The van der Waals surface area contributed by atoms with Gasteiger partial charge >= 0.3 is 0 Å². The van der Waals surface area contributed by atoms with Crippen LogP contribution in [-0.2, 0) is 10.2 Å². The van der Waals surface area contributed by atoms with Crippen LogP contribution in [0.2, 0.25) is 0 Å². The summed E-state index contributed by atoms with van der Waals surface area (Å²) in [4.78, 5) is 0. The highest BCUT2D eigenvalue weighted by Gasteiger charge is 2.22. The number of nitrogens with one attached hydrogen (secondary N) is 1. The smallest absolute Gasteiger partial charge is 0.279 e. The van der Waals surface area contributed by atoms with Crippen molar-refractivity contribution < 1.29 is 13.5 Å². The van der Waals surface area contributed by atoms with Crippen molar-refractivity contribution >= 4 is 10.2 Å². The summed E-state index contributed by atoms with van der Waals surface area (Å²) in [6.45, 7) is 3.17. The van der Waals surface area contributed by atoms with Crippen molar-refractivity contribution in [1.29, 1.82) is 0 Å². The van der Waals surface area contributed by atoms with Crippen LogP contribution in [0.1, 0.15) is 13.8 Å². The molecule has 0 unspecified atom stereocenters. The Labute approximate surface area is 73.6 Å². The van der Waals surface area contributed by atoms with Crippen molar-refractivity contribution in [3.8, 4) is 0 Å². The quantitative estimate of drug-likeness (QED) is 0.615. The van der Waals surface area contributed by atoms with Gasteiger partial charge in [0.15, 0.2) is 0 Å². The van der Waals surface area contributed by atoms with Gasteiger partial charge in [-0.2, -0.15) is 12.7 Å². The van der Waals surface area contributed by atoms with E-state index in [-0.39, 0.29) is 6.54 Å². The van der Waals surface area contributed by atoms with E-state index in [1.807, 2.05) is 0 Å². The van der Waals surface area contributed by atoms with E-state index in [1.54, 1.807) is 13.8 Å². The first-order valence-electron chi connectivity index (χ1n) is 3.56. The Hall–Kier alpha value is -0.170. The van der Waals surface area contributed by atoms with Crippen molar-refractivity contribution in [2.24, 2.45) is 0 Å². The second kappa shape index (κ2) is 3.69. The average molecular weight is 196 g/mol. The standard InChI is InChI=1S/C6H16N2O3S/c1-6(2,9)5-8(4)12(10,11)7-3/h7,9H,5H2,1-4H3. The van der Waals surface area contributed by atoms with E-state index in [0.717, 1.165) is 4.31 Å². The van der Waals surface area contributed by atoms with E-state index in [4.69, 9.17) is 0 Å². The molecule has 0 bridgehead atoms. The van der Waals surface area contributed by atoms with Gasteiger partial charge < -0.3 is 5.11 Å². The van der Waals surface area contributed by atoms with Crippen LogP contribution in [0.15, 0.2) is 0 Å². The summed E-state index contributed by atoms with van der Waals surface area (Å²) >= 11 is 0. The second-order valence-electron chi connectivity index (χ2n) is 3.28. The van der Waals surface area contributed by atoms with Crippen LogP contribution in [0.3, 0.4) is 0 Å². The highest BCUT2D eigenvalue weighted by Crippen LogP contribution is 2.05. The Balaban J connectivity index is 4.34. The zero-order valence-corrected chi connectivity index (χ0v) is 8.64. The molecule has 0 amide bonds. The van der Waals surface area contributed by atoms with Crippen molar-refractivity contribution in [2.45, 2.75) is 19.4 Å². The third kappa shape index (κ3) is 4.01. The van der Waals surface area contributed by atoms with Gasteiger partial charge in [0, 0.05) is 20.6 Å². The summed E-state index contributed by atoms with van der Waals surface area (Å²) in [5, 5.41) is 9.31. The van der Waals surface area contributed by atoms with Crippen LogP contribution in [0, 0.1) is 0 Å². The molecule has 74 valence electrons. The SMILES string of the molecule is CNS(=O)(=O)N(C)CC(C)(C)O. The predicted octanol–water partition coefficient (Wildman–Crippen LogP) is -0.847. The lowest BCUT2D eigenvalue weighted by atomic mass is 10.1. The first kappa shape index (κ1) is 11.8. The molecule has 0 aromatic heterocycles. The minimum absolute atomic E-state index is 0.0656. The molecule has 0 fully saturated rings. The molecule has 0 saturated carbocycles. The number of nitrogens with zero attached hydrogens (tertiary/aromatic N) is 1. The van der Waals surface area contributed by atoms with E-state index >= 15 is 0 Å². The van der Waals surface area contributed by atoms with E-state index in [0.29, 0.717) is 0 Å². The van der Waals surface area contributed by atoms with Gasteiger partial charge in [-0.15, -0.1) is 0 Å². The number of rotatable bonds is 4. The van der Waals surface area contributed by atoms with E-state index in [9.17, 15) is 13.5 Å². The van der Waals surface area contributed by atoms with Gasteiger partial charge in [-0.05, 0) is 13.8 Å². The number of aliphatic hydroxyl groups is 1. The van der Waals surface area contributed by atoms with E-state index in [2.05, 4.69) is 4.72 Å². The maximum Gasteiger partial charge on any atom is 0.279 e. The van der Waals surface area contributed by atoms with Crippen LogP contribution in [0.5, 0.6) is 0 Å². The maximum absolute atomic E-state index is 11.1. The van der Waals surface area contributed by atoms with Crippen LogP contribution < -0.4 is 4.72 Å². The van der Waals surface area contributed by atoms with Crippen LogP contribution >= 0.6 is 0 Å². The molecule has 0 heterocycles. The number of likely N-dealkylation sites (N-methyl/N-ethyl adjacent to an activating group) is 1. The third-order valence-electron chi connectivity index (χ3n) is 1.28. The zero-order chi connectivity index (χ0) is 9.99. The van der Waals surface area contributed by atoms with Gasteiger partial charge in [0.05, 0.1) is 5.60 Å². The van der Waals surface area contributed by atoms with Crippen molar-refractivity contribution in [3.05, 3.63) is 0 Å². The van der Waals surface area contributed by atoms with E-state index in [1.165, 1.54) is 14.1 Å². The molecular formula is C6H16N2O3S. The molecule has 0 rings (SSSR count). The molecule has 0 spiro atoms. The number of hydrogen-bond donors (Lipinski definition) is 2. The van der Waals surface area contributed by atoms with Gasteiger partial charge in [0.25, 0.3) is 10.2 Å². The van der Waals surface area contributed by atoms with Crippen LogP contribution in [0.4, 0.5) is 0 Å². The molecule has 2 N–H and O–H groups in total. The molecular weight excluding hydrogens is 180 g/mol. The van der Waals surface area contributed by atoms with Crippen LogP contribution in [-0.4, -0.2) is 44.1 Å². The number of hydrogen-bond acceptors (Lipinski definition) is 3. The lowest BCUT2D eigenvalue weighted by Gasteiger charge is -2.24. The van der Waals surface area contributed by atoms with Crippen molar-refractivity contribution in [2.75, 3.05) is 20.6 Å². The Morgan fingerprint density at radius 3 is 2.17 bits per heavy atom. The predicted molar refractivity (Wildman–Crippen MR) is 46.9 cm³/mol. The molecule has 6 heteroatoms. The Bertz CT molecular complexity index is 230. The zero-order valence-electron chi connectivity index (χ0n) is 7.83. The fourth-order valence-electron chi connectivity index (χ4n) is 0.786. The lowest BCUT2D eigenvalue weighted by Crippen LogP contribution is -2.43. The Morgan fingerprint density at radius 1 is 1.50 bits per heavy atom. The fourth-order valence-corrected chi connectivity index (χ4v) is 1.58. The minimum Gasteiger partial charge on any atom is -0.389 e. The molecule has 0 aliphatic carbocycles. The van der Waals surface area contributed by atoms with Gasteiger partial charge in [0.2, 0.25) is 0 Å². The Morgan fingerprint density at radius 2 is 1.92 bits per heavy atom. The summed E-state index contributed by atoms with van der Waals surface area (Å²) in [5.74, 6) is 0. The molecule has 0 radical (unpaired) electrons. The molecule has 0 saturated heterocycles. The summed E-state index contributed by atoms with van der Waals surface area (Å²) in [7, 11) is -0.672. The monoisotopic (exact) mass is 196 g/mol. The topological polar surface area (TPSA) is 69.6 Å². The molecule has 0 aliphatic heterocycles. The van der Waals surface area contributed by atoms with E-state index < -0.39 is 15.8 Å². The van der Waals surface area contributed by atoms with Gasteiger partial charge in [-0.3, -0.25) is 0 Å². The molecule has 0 aromatic rings. The molecule has 5 nitrogen and oxygen atoms in total. The Kier molecular flexibility index (Phi) is 3.64. The largest absolute Gasteiger partial charge is 0.389 e. The van der Waals surface area contributed by atoms with Gasteiger partial charge in [0.1, 0.15) is 0 Å². The van der Waals surface area contributed by atoms with Crippen LogP contribution in [0.25, 0.3) is 0 Å². The molecule has 0 aliphatic rings. The summed E-state index contributed by atoms with van der Waals surface area (Å²) in [6.07, 6.45) is 0. The minimum atomic E-state index is -3.41. The lowest BCUT2D eigenvalue weighted by molar-refractivity contribution is 0.0637. The van der Waals surface area contributed by atoms with Crippen molar-refractivity contribution in [1.82, 2.24) is 9.03 Å². The molecule has 0 atom stereocenters. The molecule has 0 aromatic carbocycles. The van der Waals surface area contributed by atoms with Crippen molar-refractivity contribution in [3.63, 3.8) is 0 Å². The summed E-state index contributed by atoms with van der Waals surface area (Å²) in [5.41, 5.74) is -1.02. The van der Waals surface area contributed by atoms with Gasteiger partial charge in [-0.25, -0.2) is 4.72 Å².